The lowest BCUT2D eigenvalue weighted by Gasteiger charge is -2.10. The molecule has 1 amide bonds. The SMILES string of the molecule is N[C@@H](CCc1ccccc1)C(=O)Nc1nc(-c2ccccc2)cs1. The number of amides is 1. The van der Waals surface area contributed by atoms with Crippen molar-refractivity contribution >= 4 is 22.4 Å². The van der Waals surface area contributed by atoms with Crippen molar-refractivity contribution in [2.24, 2.45) is 5.73 Å². The van der Waals surface area contributed by atoms with E-state index in [9.17, 15) is 4.79 Å². The standard InChI is InChI=1S/C19H19N3OS/c20-16(12-11-14-7-3-1-4-8-14)18(23)22-19-21-17(13-24-19)15-9-5-2-6-10-15/h1-10,13,16H,11-12,20H2,(H,21,22,23)/t16-/m0/s1. The van der Waals surface area contributed by atoms with Gasteiger partial charge in [-0.15, -0.1) is 11.3 Å². The molecular weight excluding hydrogens is 318 g/mol. The Morgan fingerprint density at radius 3 is 2.46 bits per heavy atom. The Bertz CT molecular complexity index is 787. The van der Waals surface area contributed by atoms with Crippen molar-refractivity contribution in [2.45, 2.75) is 18.9 Å². The summed E-state index contributed by atoms with van der Waals surface area (Å²) in [6.45, 7) is 0. The third-order valence-corrected chi connectivity index (χ3v) is 4.49. The van der Waals surface area contributed by atoms with Gasteiger partial charge >= 0.3 is 0 Å². The highest BCUT2D eigenvalue weighted by Gasteiger charge is 2.15. The molecule has 1 atom stereocenters. The average molecular weight is 337 g/mol. The molecule has 0 saturated heterocycles. The molecule has 4 nitrogen and oxygen atoms in total. The van der Waals surface area contributed by atoms with E-state index in [1.807, 2.05) is 66.0 Å². The first kappa shape index (κ1) is 16.4. The normalized spacial score (nSPS) is 11.9. The van der Waals surface area contributed by atoms with E-state index in [1.165, 1.54) is 16.9 Å². The minimum absolute atomic E-state index is 0.195. The van der Waals surface area contributed by atoms with E-state index < -0.39 is 6.04 Å². The van der Waals surface area contributed by atoms with Crippen LogP contribution in [-0.2, 0) is 11.2 Å². The number of hydrogen-bond donors (Lipinski definition) is 2. The van der Waals surface area contributed by atoms with E-state index in [1.54, 1.807) is 0 Å². The predicted molar refractivity (Wildman–Crippen MR) is 98.9 cm³/mol. The van der Waals surface area contributed by atoms with Crippen molar-refractivity contribution in [2.75, 3.05) is 5.32 Å². The zero-order valence-electron chi connectivity index (χ0n) is 13.2. The molecule has 3 rings (SSSR count). The summed E-state index contributed by atoms with van der Waals surface area (Å²) in [5.41, 5.74) is 9.06. The number of aromatic nitrogens is 1. The molecule has 0 aliphatic rings. The van der Waals surface area contributed by atoms with Crippen molar-refractivity contribution in [3.05, 3.63) is 71.6 Å². The molecule has 2 aromatic carbocycles. The fourth-order valence-electron chi connectivity index (χ4n) is 2.37. The fourth-order valence-corrected chi connectivity index (χ4v) is 3.09. The fraction of sp³-hybridized carbons (Fsp3) is 0.158. The number of nitrogens with one attached hydrogen (secondary N) is 1. The van der Waals surface area contributed by atoms with E-state index in [-0.39, 0.29) is 5.91 Å². The average Bonchev–Trinajstić information content (AvgIpc) is 3.10. The maximum Gasteiger partial charge on any atom is 0.243 e. The van der Waals surface area contributed by atoms with Crippen LogP contribution >= 0.6 is 11.3 Å². The Hall–Kier alpha value is -2.50. The summed E-state index contributed by atoms with van der Waals surface area (Å²) in [5, 5.41) is 5.32. The lowest BCUT2D eigenvalue weighted by Crippen LogP contribution is -2.35. The highest BCUT2D eigenvalue weighted by atomic mass is 32.1. The van der Waals surface area contributed by atoms with Crippen LogP contribution in [0.3, 0.4) is 0 Å². The van der Waals surface area contributed by atoms with Crippen LogP contribution in [0.4, 0.5) is 5.13 Å². The zero-order valence-corrected chi connectivity index (χ0v) is 14.0. The number of hydrogen-bond acceptors (Lipinski definition) is 4. The van der Waals surface area contributed by atoms with Gasteiger partial charge in [-0.2, -0.15) is 0 Å². The van der Waals surface area contributed by atoms with Crippen molar-refractivity contribution < 1.29 is 4.79 Å². The quantitative estimate of drug-likeness (QED) is 0.720. The van der Waals surface area contributed by atoms with E-state index in [2.05, 4.69) is 10.3 Å². The second kappa shape index (κ2) is 7.86. The Labute approximate surface area is 145 Å². The van der Waals surface area contributed by atoms with Gasteiger partial charge in [0.1, 0.15) is 0 Å². The van der Waals surface area contributed by atoms with Crippen molar-refractivity contribution in [3.8, 4) is 11.3 Å². The van der Waals surface area contributed by atoms with E-state index >= 15 is 0 Å². The summed E-state index contributed by atoms with van der Waals surface area (Å²) in [5.74, 6) is -0.195. The maximum absolute atomic E-state index is 12.2. The number of rotatable bonds is 6. The first-order valence-electron chi connectivity index (χ1n) is 7.84. The van der Waals surface area contributed by atoms with Crippen molar-refractivity contribution in [1.29, 1.82) is 0 Å². The summed E-state index contributed by atoms with van der Waals surface area (Å²) in [4.78, 5) is 16.7. The van der Waals surface area contributed by atoms with Crippen LogP contribution < -0.4 is 11.1 Å². The number of aryl methyl sites for hydroxylation is 1. The number of nitrogens with two attached hydrogens (primary N) is 1. The Morgan fingerprint density at radius 1 is 1.08 bits per heavy atom. The van der Waals surface area contributed by atoms with Gasteiger partial charge in [0.05, 0.1) is 11.7 Å². The summed E-state index contributed by atoms with van der Waals surface area (Å²) < 4.78 is 0. The second-order valence-corrected chi connectivity index (χ2v) is 6.38. The molecule has 0 fully saturated rings. The molecule has 3 aromatic rings. The highest BCUT2D eigenvalue weighted by molar-refractivity contribution is 7.14. The van der Waals surface area contributed by atoms with Crippen molar-refractivity contribution in [3.63, 3.8) is 0 Å². The van der Waals surface area contributed by atoms with Gasteiger partial charge in [-0.3, -0.25) is 4.79 Å². The maximum atomic E-state index is 12.2. The van der Waals surface area contributed by atoms with Crippen LogP contribution in [0.5, 0.6) is 0 Å². The van der Waals surface area contributed by atoms with Gasteiger partial charge in [-0.25, -0.2) is 4.98 Å². The van der Waals surface area contributed by atoms with Gasteiger partial charge in [0, 0.05) is 10.9 Å². The zero-order chi connectivity index (χ0) is 16.8. The van der Waals surface area contributed by atoms with Gasteiger partial charge < -0.3 is 11.1 Å². The van der Waals surface area contributed by atoms with Gasteiger partial charge in [0.15, 0.2) is 5.13 Å². The largest absolute Gasteiger partial charge is 0.320 e. The topological polar surface area (TPSA) is 68.0 Å². The van der Waals surface area contributed by atoms with Crippen LogP contribution in [0, 0.1) is 0 Å². The molecule has 0 saturated carbocycles. The molecular formula is C19H19N3OS. The molecule has 0 bridgehead atoms. The minimum atomic E-state index is -0.547. The van der Waals surface area contributed by atoms with Crippen LogP contribution in [0.1, 0.15) is 12.0 Å². The first-order valence-corrected chi connectivity index (χ1v) is 8.71. The van der Waals surface area contributed by atoms with Gasteiger partial charge in [0.2, 0.25) is 5.91 Å². The molecule has 122 valence electrons. The molecule has 0 aliphatic heterocycles. The number of carbonyl (C=O) groups excluding carboxylic acids is 1. The van der Waals surface area contributed by atoms with Gasteiger partial charge in [-0.05, 0) is 18.4 Å². The molecule has 5 heteroatoms. The molecule has 0 unspecified atom stereocenters. The van der Waals surface area contributed by atoms with Crippen molar-refractivity contribution in [1.82, 2.24) is 4.98 Å². The van der Waals surface area contributed by atoms with E-state index in [4.69, 9.17) is 5.73 Å². The third-order valence-electron chi connectivity index (χ3n) is 3.73. The molecule has 0 radical (unpaired) electrons. The van der Waals surface area contributed by atoms with E-state index in [0.717, 1.165) is 17.7 Å². The minimum Gasteiger partial charge on any atom is -0.320 e. The monoisotopic (exact) mass is 337 g/mol. The molecule has 0 aliphatic carbocycles. The lowest BCUT2D eigenvalue weighted by atomic mass is 10.1. The van der Waals surface area contributed by atoms with E-state index in [0.29, 0.717) is 11.6 Å². The molecule has 0 spiro atoms. The predicted octanol–water partition coefficient (Wildman–Crippen LogP) is 3.71. The summed E-state index contributed by atoms with van der Waals surface area (Å²) >= 11 is 1.41. The first-order chi connectivity index (χ1) is 11.7. The smallest absolute Gasteiger partial charge is 0.243 e. The summed E-state index contributed by atoms with van der Waals surface area (Å²) in [6, 6.07) is 19.4. The molecule has 24 heavy (non-hydrogen) atoms. The molecule has 1 aromatic heterocycles. The van der Waals surface area contributed by atoms with Crippen LogP contribution in [0.15, 0.2) is 66.0 Å². The number of thiazole rings is 1. The Balaban J connectivity index is 1.55. The Kier molecular flexibility index (Phi) is 5.36. The Morgan fingerprint density at radius 2 is 1.75 bits per heavy atom. The van der Waals surface area contributed by atoms with Crippen LogP contribution in [0.25, 0.3) is 11.3 Å². The number of nitrogens with zero attached hydrogens (tertiary/aromatic N) is 1. The lowest BCUT2D eigenvalue weighted by molar-refractivity contribution is -0.117. The molecule has 3 N–H and O–H groups in total. The third kappa shape index (κ3) is 4.28. The number of benzene rings is 2. The van der Waals surface area contributed by atoms with Crippen LogP contribution in [0.2, 0.25) is 0 Å². The highest BCUT2D eigenvalue weighted by Crippen LogP contribution is 2.24. The second-order valence-electron chi connectivity index (χ2n) is 5.52. The number of anilines is 1. The molecule has 1 heterocycles. The summed E-state index contributed by atoms with van der Waals surface area (Å²) in [6.07, 6.45) is 1.38. The summed E-state index contributed by atoms with van der Waals surface area (Å²) in [7, 11) is 0. The van der Waals surface area contributed by atoms with Gasteiger partial charge in [0.25, 0.3) is 0 Å². The van der Waals surface area contributed by atoms with Crippen LogP contribution in [-0.4, -0.2) is 16.9 Å². The number of carbonyl (C=O) groups is 1. The van der Waals surface area contributed by atoms with Gasteiger partial charge in [-0.1, -0.05) is 60.7 Å².